The third-order valence-electron chi connectivity index (χ3n) is 3.27. The molecule has 0 aromatic heterocycles. The number of alkyl halides is 3. The highest BCUT2D eigenvalue weighted by molar-refractivity contribution is 6.37. The molecule has 2 aromatic carbocycles. The zero-order chi connectivity index (χ0) is 19.3. The van der Waals surface area contributed by atoms with Crippen molar-refractivity contribution in [3.8, 4) is 11.5 Å². The van der Waals surface area contributed by atoms with E-state index in [2.05, 4.69) is 5.32 Å². The lowest BCUT2D eigenvalue weighted by Crippen LogP contribution is -2.40. The van der Waals surface area contributed by atoms with E-state index in [1.807, 2.05) is 0 Å². The first kappa shape index (κ1) is 20.2. The van der Waals surface area contributed by atoms with E-state index in [0.717, 1.165) is 0 Å². The van der Waals surface area contributed by atoms with Gasteiger partial charge in [-0.3, -0.25) is 4.79 Å². The average molecular weight is 408 g/mol. The van der Waals surface area contributed by atoms with Crippen LogP contribution in [0.25, 0.3) is 0 Å². The van der Waals surface area contributed by atoms with Gasteiger partial charge in [0.1, 0.15) is 12.4 Å². The molecule has 0 aliphatic carbocycles. The maximum absolute atomic E-state index is 12.8. The average Bonchev–Trinajstić information content (AvgIpc) is 2.59. The van der Waals surface area contributed by atoms with Gasteiger partial charge in [-0.05, 0) is 24.3 Å². The highest BCUT2D eigenvalue weighted by Crippen LogP contribution is 2.39. The Labute approximate surface area is 157 Å². The van der Waals surface area contributed by atoms with Crippen LogP contribution >= 0.6 is 23.2 Å². The highest BCUT2D eigenvalue weighted by Gasteiger charge is 2.32. The summed E-state index contributed by atoms with van der Waals surface area (Å²) in [5.41, 5.74) is -0.997. The third-order valence-corrected chi connectivity index (χ3v) is 3.83. The van der Waals surface area contributed by atoms with Gasteiger partial charge in [0.05, 0.1) is 15.6 Å². The van der Waals surface area contributed by atoms with Crippen molar-refractivity contribution in [1.29, 1.82) is 0 Å². The Morgan fingerprint density at radius 1 is 1.15 bits per heavy atom. The number of benzene rings is 2. The Morgan fingerprint density at radius 3 is 2.23 bits per heavy atom. The van der Waals surface area contributed by atoms with E-state index in [9.17, 15) is 18.0 Å². The number of hydrogen-bond acceptors (Lipinski definition) is 3. The summed E-state index contributed by atoms with van der Waals surface area (Å²) in [7, 11) is 1.42. The van der Waals surface area contributed by atoms with Crippen LogP contribution in [-0.2, 0) is 11.0 Å². The minimum absolute atomic E-state index is 0.160. The molecule has 1 amide bonds. The first-order chi connectivity index (χ1) is 12.2. The van der Waals surface area contributed by atoms with Crippen molar-refractivity contribution in [2.45, 2.75) is 12.3 Å². The molecule has 140 valence electrons. The summed E-state index contributed by atoms with van der Waals surface area (Å²) in [5, 5.41) is 1.78. The molecule has 2 rings (SSSR count). The normalized spacial score (nSPS) is 12.4. The zero-order valence-electron chi connectivity index (χ0n) is 13.4. The summed E-state index contributed by atoms with van der Waals surface area (Å²) in [6, 6.07) is 9.93. The lowest BCUT2D eigenvalue weighted by molar-refractivity contribution is -0.137. The monoisotopic (exact) mass is 407 g/mol. The fraction of sp³-hybridized carbons (Fsp3) is 0.235. The van der Waals surface area contributed by atoms with Gasteiger partial charge in [-0.1, -0.05) is 41.4 Å². The summed E-state index contributed by atoms with van der Waals surface area (Å²) in [6.07, 6.45) is -5.65. The Kier molecular flexibility index (Phi) is 6.61. The minimum atomic E-state index is -4.59. The summed E-state index contributed by atoms with van der Waals surface area (Å²) in [4.78, 5) is 12.0. The molecule has 0 saturated carbocycles. The molecule has 0 spiro atoms. The van der Waals surface area contributed by atoms with Crippen LogP contribution in [0, 0.1) is 0 Å². The van der Waals surface area contributed by atoms with Crippen LogP contribution in [-0.4, -0.2) is 25.7 Å². The summed E-state index contributed by atoms with van der Waals surface area (Å²) < 4.78 is 49.2. The quantitative estimate of drug-likeness (QED) is 0.761. The molecule has 2 aromatic rings. The number of carbonyl (C=O) groups is 1. The standard InChI is InChI=1S/C17H14Cl2F3NO3/c1-23-16(24)14(26-11-5-3-2-4-6-11)9-25-15-12(18)7-10(8-13(15)19)17(20,21)22/h2-8,14H,9H2,1H3,(H,23,24). The van der Waals surface area contributed by atoms with E-state index in [1.54, 1.807) is 30.3 Å². The minimum Gasteiger partial charge on any atom is -0.486 e. The van der Waals surface area contributed by atoms with Crippen molar-refractivity contribution >= 4 is 29.1 Å². The molecule has 0 aliphatic heterocycles. The summed E-state index contributed by atoms with van der Waals surface area (Å²) in [5.74, 6) is -0.214. The van der Waals surface area contributed by atoms with E-state index >= 15 is 0 Å². The van der Waals surface area contributed by atoms with Crippen molar-refractivity contribution in [2.24, 2.45) is 0 Å². The van der Waals surface area contributed by atoms with Gasteiger partial charge in [0.25, 0.3) is 5.91 Å². The van der Waals surface area contributed by atoms with Crippen LogP contribution < -0.4 is 14.8 Å². The molecule has 26 heavy (non-hydrogen) atoms. The van der Waals surface area contributed by atoms with Gasteiger partial charge < -0.3 is 14.8 Å². The van der Waals surface area contributed by atoms with Crippen molar-refractivity contribution in [1.82, 2.24) is 5.32 Å². The molecular formula is C17H14Cl2F3NO3. The molecular weight excluding hydrogens is 394 g/mol. The molecule has 4 nitrogen and oxygen atoms in total. The predicted molar refractivity (Wildman–Crippen MR) is 91.9 cm³/mol. The van der Waals surface area contributed by atoms with Crippen molar-refractivity contribution in [3.05, 3.63) is 58.1 Å². The fourth-order valence-electron chi connectivity index (χ4n) is 2.01. The Bertz CT molecular complexity index is 747. The second-order valence-electron chi connectivity index (χ2n) is 5.11. The van der Waals surface area contributed by atoms with E-state index in [1.165, 1.54) is 7.05 Å². The molecule has 1 unspecified atom stereocenters. The first-order valence-corrected chi connectivity index (χ1v) is 8.10. The molecule has 0 radical (unpaired) electrons. The summed E-state index contributed by atoms with van der Waals surface area (Å²) >= 11 is 11.7. The van der Waals surface area contributed by atoms with Gasteiger partial charge in [0.2, 0.25) is 6.10 Å². The molecule has 9 heteroatoms. The van der Waals surface area contributed by atoms with E-state index in [-0.39, 0.29) is 22.4 Å². The van der Waals surface area contributed by atoms with Crippen molar-refractivity contribution in [2.75, 3.05) is 13.7 Å². The van der Waals surface area contributed by atoms with Crippen LogP contribution in [0.1, 0.15) is 5.56 Å². The second-order valence-corrected chi connectivity index (χ2v) is 5.93. The smallest absolute Gasteiger partial charge is 0.416 e. The first-order valence-electron chi connectivity index (χ1n) is 7.34. The van der Waals surface area contributed by atoms with Gasteiger partial charge >= 0.3 is 6.18 Å². The number of halogens is 5. The molecule has 1 N–H and O–H groups in total. The number of likely N-dealkylation sites (N-methyl/N-ethyl adjacent to an activating group) is 1. The van der Waals surface area contributed by atoms with E-state index in [0.29, 0.717) is 17.9 Å². The molecule has 0 aliphatic rings. The summed E-state index contributed by atoms with van der Waals surface area (Å²) in [6.45, 7) is -0.306. The fourth-order valence-corrected chi connectivity index (χ4v) is 2.60. The molecule has 0 fully saturated rings. The largest absolute Gasteiger partial charge is 0.486 e. The highest BCUT2D eigenvalue weighted by atomic mass is 35.5. The Morgan fingerprint density at radius 2 is 1.73 bits per heavy atom. The second kappa shape index (κ2) is 8.51. The van der Waals surface area contributed by atoms with Crippen LogP contribution in [0.15, 0.2) is 42.5 Å². The van der Waals surface area contributed by atoms with Gasteiger partial charge in [-0.25, -0.2) is 0 Å². The number of rotatable bonds is 6. The molecule has 0 saturated heterocycles. The predicted octanol–water partition coefficient (Wildman–Crippen LogP) is 4.58. The van der Waals surface area contributed by atoms with E-state index < -0.39 is 23.8 Å². The number of hydrogen-bond donors (Lipinski definition) is 1. The molecule has 0 heterocycles. The SMILES string of the molecule is CNC(=O)C(COc1c(Cl)cc(C(F)(F)F)cc1Cl)Oc1ccccc1. The van der Waals surface area contributed by atoms with Gasteiger partial charge in [-0.2, -0.15) is 13.2 Å². The van der Waals surface area contributed by atoms with Crippen LogP contribution in [0.2, 0.25) is 10.0 Å². The Hall–Kier alpha value is -2.12. The number of amides is 1. The van der Waals surface area contributed by atoms with Gasteiger partial charge in [0.15, 0.2) is 5.75 Å². The van der Waals surface area contributed by atoms with Crippen LogP contribution in [0.4, 0.5) is 13.2 Å². The van der Waals surface area contributed by atoms with Crippen molar-refractivity contribution < 1.29 is 27.4 Å². The van der Waals surface area contributed by atoms with Crippen molar-refractivity contribution in [3.63, 3.8) is 0 Å². The zero-order valence-corrected chi connectivity index (χ0v) is 15.0. The Balaban J connectivity index is 2.17. The van der Waals surface area contributed by atoms with Crippen LogP contribution in [0.5, 0.6) is 11.5 Å². The third kappa shape index (κ3) is 5.19. The molecule has 1 atom stereocenters. The number of para-hydroxylation sites is 1. The lowest BCUT2D eigenvalue weighted by atomic mass is 10.2. The number of nitrogens with one attached hydrogen (secondary N) is 1. The number of ether oxygens (including phenoxy) is 2. The van der Waals surface area contributed by atoms with Crippen LogP contribution in [0.3, 0.4) is 0 Å². The topological polar surface area (TPSA) is 47.6 Å². The maximum Gasteiger partial charge on any atom is 0.416 e. The van der Waals surface area contributed by atoms with Gasteiger partial charge in [0, 0.05) is 7.05 Å². The van der Waals surface area contributed by atoms with Gasteiger partial charge in [-0.15, -0.1) is 0 Å². The lowest BCUT2D eigenvalue weighted by Gasteiger charge is -2.19. The number of carbonyl (C=O) groups excluding carboxylic acids is 1. The molecule has 0 bridgehead atoms. The van der Waals surface area contributed by atoms with E-state index in [4.69, 9.17) is 32.7 Å². The maximum atomic E-state index is 12.8.